The van der Waals surface area contributed by atoms with Gasteiger partial charge in [-0.2, -0.15) is 0 Å². The lowest BCUT2D eigenvalue weighted by Crippen LogP contribution is -2.37. The van der Waals surface area contributed by atoms with Crippen molar-refractivity contribution in [2.75, 3.05) is 19.0 Å². The van der Waals surface area contributed by atoms with Crippen LogP contribution in [0.3, 0.4) is 0 Å². The zero-order chi connectivity index (χ0) is 13.0. The van der Waals surface area contributed by atoms with Crippen LogP contribution in [0, 0.1) is 5.92 Å². The first kappa shape index (κ1) is 13.3. The predicted molar refractivity (Wildman–Crippen MR) is 72.5 cm³/mol. The summed E-state index contributed by atoms with van der Waals surface area (Å²) in [5.41, 5.74) is -0.278. The number of anilines is 1. The van der Waals surface area contributed by atoms with E-state index in [2.05, 4.69) is 22.2 Å². The first-order valence-electron chi connectivity index (χ1n) is 6.85. The number of nitrogens with zero attached hydrogens (tertiary/aromatic N) is 2. The van der Waals surface area contributed by atoms with Crippen molar-refractivity contribution in [2.24, 2.45) is 5.92 Å². The molecular formula is C14H23N3O. The highest BCUT2D eigenvalue weighted by atomic mass is 16.5. The first-order chi connectivity index (χ1) is 8.70. The summed E-state index contributed by atoms with van der Waals surface area (Å²) in [6.45, 7) is 5.04. The molecule has 2 unspecified atom stereocenters. The Morgan fingerprint density at radius 3 is 3.06 bits per heavy atom. The molecule has 1 aromatic rings. The number of ether oxygens (including phenoxy) is 1. The summed E-state index contributed by atoms with van der Waals surface area (Å²) in [4.78, 5) is 9.05. The van der Waals surface area contributed by atoms with E-state index < -0.39 is 0 Å². The van der Waals surface area contributed by atoms with Crippen molar-refractivity contribution in [3.63, 3.8) is 0 Å². The van der Waals surface area contributed by atoms with Crippen molar-refractivity contribution < 1.29 is 4.74 Å². The van der Waals surface area contributed by atoms with E-state index in [0.717, 1.165) is 24.5 Å². The average Bonchev–Trinajstić information content (AvgIpc) is 2.39. The van der Waals surface area contributed by atoms with Gasteiger partial charge in [0.1, 0.15) is 11.4 Å². The molecule has 0 aliphatic heterocycles. The molecule has 0 aromatic carbocycles. The normalized spacial score (nSPS) is 28.1. The number of nitrogens with one attached hydrogen (secondary N) is 1. The van der Waals surface area contributed by atoms with Gasteiger partial charge in [-0.15, -0.1) is 0 Å². The van der Waals surface area contributed by atoms with Gasteiger partial charge in [0.05, 0.1) is 0 Å². The second-order valence-electron chi connectivity index (χ2n) is 5.14. The van der Waals surface area contributed by atoms with Gasteiger partial charge in [0.2, 0.25) is 0 Å². The summed E-state index contributed by atoms with van der Waals surface area (Å²) in [5, 5.41) is 3.07. The molecule has 18 heavy (non-hydrogen) atoms. The molecule has 100 valence electrons. The van der Waals surface area contributed by atoms with Gasteiger partial charge in [0.25, 0.3) is 0 Å². The van der Waals surface area contributed by atoms with Gasteiger partial charge in [-0.3, -0.25) is 0 Å². The largest absolute Gasteiger partial charge is 0.373 e. The third-order valence-corrected chi connectivity index (χ3v) is 3.70. The molecule has 0 amide bonds. The van der Waals surface area contributed by atoms with Crippen molar-refractivity contribution in [1.82, 2.24) is 9.97 Å². The molecule has 1 saturated carbocycles. The highest BCUT2D eigenvalue weighted by Gasteiger charge is 2.40. The molecule has 0 saturated heterocycles. The molecule has 2 rings (SSSR count). The number of rotatable bonds is 4. The summed E-state index contributed by atoms with van der Waals surface area (Å²) in [5.74, 6) is 2.37. The van der Waals surface area contributed by atoms with Crippen molar-refractivity contribution in [3.8, 4) is 0 Å². The van der Waals surface area contributed by atoms with Crippen LogP contribution in [0.5, 0.6) is 0 Å². The minimum absolute atomic E-state index is 0.278. The zero-order valence-corrected chi connectivity index (χ0v) is 11.6. The van der Waals surface area contributed by atoms with Crippen LogP contribution >= 0.6 is 0 Å². The molecule has 1 aliphatic rings. The standard InChI is InChI=1S/C14H23N3O/c1-4-18-14(8-5-6-11(2)10-14)13-16-9-7-12(15-3)17-13/h7,9,11H,4-6,8,10H2,1-3H3,(H,15,16,17). The maximum Gasteiger partial charge on any atom is 0.162 e. The first-order valence-corrected chi connectivity index (χ1v) is 6.85. The smallest absolute Gasteiger partial charge is 0.162 e. The van der Waals surface area contributed by atoms with Gasteiger partial charge in [-0.25, -0.2) is 9.97 Å². The Morgan fingerprint density at radius 2 is 2.39 bits per heavy atom. The van der Waals surface area contributed by atoms with E-state index in [0.29, 0.717) is 12.5 Å². The fraction of sp³-hybridized carbons (Fsp3) is 0.714. The van der Waals surface area contributed by atoms with Crippen LogP contribution in [0.1, 0.15) is 45.4 Å². The second kappa shape index (κ2) is 5.65. The molecule has 4 heteroatoms. The fourth-order valence-corrected chi connectivity index (χ4v) is 2.90. The van der Waals surface area contributed by atoms with Crippen LogP contribution < -0.4 is 5.32 Å². The Morgan fingerprint density at radius 1 is 1.56 bits per heavy atom. The summed E-state index contributed by atoms with van der Waals surface area (Å²) in [7, 11) is 1.88. The monoisotopic (exact) mass is 249 g/mol. The lowest BCUT2D eigenvalue weighted by atomic mass is 9.78. The molecule has 0 spiro atoms. The van der Waals surface area contributed by atoms with E-state index in [9.17, 15) is 0 Å². The lowest BCUT2D eigenvalue weighted by molar-refractivity contribution is -0.0880. The van der Waals surface area contributed by atoms with E-state index >= 15 is 0 Å². The fourth-order valence-electron chi connectivity index (χ4n) is 2.90. The van der Waals surface area contributed by atoms with Crippen LogP contribution in [-0.2, 0) is 10.3 Å². The Labute approximate surface area is 109 Å². The van der Waals surface area contributed by atoms with Crippen molar-refractivity contribution in [3.05, 3.63) is 18.1 Å². The Bertz CT molecular complexity index is 392. The molecule has 1 heterocycles. The number of hydrogen-bond donors (Lipinski definition) is 1. The Hall–Kier alpha value is -1.16. The summed E-state index contributed by atoms with van der Waals surface area (Å²) < 4.78 is 6.07. The van der Waals surface area contributed by atoms with Crippen molar-refractivity contribution in [2.45, 2.75) is 45.1 Å². The summed E-state index contributed by atoms with van der Waals surface area (Å²) in [6.07, 6.45) is 6.33. The van der Waals surface area contributed by atoms with E-state index in [-0.39, 0.29) is 5.60 Å². The van der Waals surface area contributed by atoms with Gasteiger partial charge in [-0.05, 0) is 38.2 Å². The quantitative estimate of drug-likeness (QED) is 0.891. The van der Waals surface area contributed by atoms with E-state index in [1.807, 2.05) is 26.2 Å². The highest BCUT2D eigenvalue weighted by molar-refractivity contribution is 5.32. The Balaban J connectivity index is 2.33. The minimum atomic E-state index is -0.278. The predicted octanol–water partition coefficient (Wildman–Crippen LogP) is 2.96. The third-order valence-electron chi connectivity index (χ3n) is 3.70. The van der Waals surface area contributed by atoms with Crippen LogP contribution in [0.2, 0.25) is 0 Å². The molecule has 1 aromatic heterocycles. The highest BCUT2D eigenvalue weighted by Crippen LogP contribution is 2.41. The Kier molecular flexibility index (Phi) is 4.17. The number of aromatic nitrogens is 2. The minimum Gasteiger partial charge on any atom is -0.373 e. The second-order valence-corrected chi connectivity index (χ2v) is 5.14. The molecule has 2 atom stereocenters. The van der Waals surface area contributed by atoms with Gasteiger partial charge in [0.15, 0.2) is 5.82 Å². The lowest BCUT2D eigenvalue weighted by Gasteiger charge is -2.38. The van der Waals surface area contributed by atoms with Crippen LogP contribution in [-0.4, -0.2) is 23.6 Å². The summed E-state index contributed by atoms with van der Waals surface area (Å²) in [6, 6.07) is 1.88. The maximum absolute atomic E-state index is 6.07. The molecule has 1 N–H and O–H groups in total. The average molecular weight is 249 g/mol. The molecule has 1 fully saturated rings. The molecule has 0 radical (unpaired) electrons. The van der Waals surface area contributed by atoms with Crippen LogP contribution in [0.25, 0.3) is 0 Å². The van der Waals surface area contributed by atoms with E-state index in [1.54, 1.807) is 0 Å². The van der Waals surface area contributed by atoms with E-state index in [1.165, 1.54) is 12.8 Å². The maximum atomic E-state index is 6.07. The van der Waals surface area contributed by atoms with Crippen LogP contribution in [0.4, 0.5) is 5.82 Å². The molecule has 0 bridgehead atoms. The van der Waals surface area contributed by atoms with Gasteiger partial charge >= 0.3 is 0 Å². The van der Waals surface area contributed by atoms with Gasteiger partial charge in [-0.1, -0.05) is 13.3 Å². The molecule has 4 nitrogen and oxygen atoms in total. The summed E-state index contributed by atoms with van der Waals surface area (Å²) >= 11 is 0. The number of hydrogen-bond acceptors (Lipinski definition) is 4. The SMILES string of the molecule is CCOC1(c2nccc(NC)n2)CCCC(C)C1. The molecule has 1 aliphatic carbocycles. The van der Waals surface area contributed by atoms with Gasteiger partial charge < -0.3 is 10.1 Å². The van der Waals surface area contributed by atoms with Crippen LogP contribution in [0.15, 0.2) is 12.3 Å². The topological polar surface area (TPSA) is 47.0 Å². The molecular weight excluding hydrogens is 226 g/mol. The third kappa shape index (κ3) is 2.64. The van der Waals surface area contributed by atoms with E-state index in [4.69, 9.17) is 4.74 Å². The van der Waals surface area contributed by atoms with Crippen molar-refractivity contribution in [1.29, 1.82) is 0 Å². The zero-order valence-electron chi connectivity index (χ0n) is 11.6. The van der Waals surface area contributed by atoms with Crippen molar-refractivity contribution >= 4 is 5.82 Å². The van der Waals surface area contributed by atoms with Gasteiger partial charge in [0, 0.05) is 19.9 Å².